The second-order valence-electron chi connectivity index (χ2n) is 6.10. The lowest BCUT2D eigenvalue weighted by Crippen LogP contribution is -2.36. The summed E-state index contributed by atoms with van der Waals surface area (Å²) < 4.78 is 26.3. The van der Waals surface area contributed by atoms with Gasteiger partial charge in [-0.3, -0.25) is 14.9 Å². The maximum Gasteiger partial charge on any atom is 0.262 e. The van der Waals surface area contributed by atoms with Crippen molar-refractivity contribution >= 4 is 23.2 Å². The van der Waals surface area contributed by atoms with E-state index >= 15 is 0 Å². The first-order valence-electron chi connectivity index (χ1n) is 7.69. The Morgan fingerprint density at radius 1 is 1.39 bits per heavy atom. The number of benzene rings is 1. The Bertz CT molecular complexity index is 648. The molecule has 1 fully saturated rings. The number of hydrogen-bond donors (Lipinski definition) is 2. The highest BCUT2D eigenvalue weighted by atomic mass is 19.3. The zero-order valence-electron chi connectivity index (χ0n) is 12.9. The third kappa shape index (κ3) is 3.34. The molecule has 0 aliphatic carbocycles. The monoisotopic (exact) mass is 323 g/mol. The van der Waals surface area contributed by atoms with Crippen LogP contribution in [0.3, 0.4) is 0 Å². The lowest BCUT2D eigenvalue weighted by atomic mass is 10.0. The third-order valence-electron chi connectivity index (χ3n) is 4.27. The summed E-state index contributed by atoms with van der Waals surface area (Å²) in [6.45, 7) is 1.74. The molecule has 23 heavy (non-hydrogen) atoms. The minimum absolute atomic E-state index is 0.0138. The van der Waals surface area contributed by atoms with Crippen LogP contribution in [0.15, 0.2) is 18.2 Å². The first kappa shape index (κ1) is 15.9. The van der Waals surface area contributed by atoms with Crippen molar-refractivity contribution in [3.05, 3.63) is 23.8 Å². The molecule has 0 spiro atoms. The molecule has 124 valence electrons. The highest BCUT2D eigenvalue weighted by molar-refractivity contribution is 5.96. The van der Waals surface area contributed by atoms with Crippen molar-refractivity contribution in [2.24, 2.45) is 0 Å². The summed E-state index contributed by atoms with van der Waals surface area (Å²) in [6.07, 6.45) is 1.20. The van der Waals surface area contributed by atoms with Gasteiger partial charge in [-0.2, -0.15) is 0 Å². The first-order chi connectivity index (χ1) is 10.9. The molecule has 0 radical (unpaired) electrons. The Labute approximate surface area is 133 Å². The summed E-state index contributed by atoms with van der Waals surface area (Å²) in [5.74, 6) is -3.30. The van der Waals surface area contributed by atoms with Crippen LogP contribution in [0.1, 0.15) is 25.3 Å². The van der Waals surface area contributed by atoms with Crippen LogP contribution in [0, 0.1) is 0 Å². The van der Waals surface area contributed by atoms with Gasteiger partial charge < -0.3 is 10.2 Å². The van der Waals surface area contributed by atoms with Crippen molar-refractivity contribution in [3.8, 4) is 0 Å². The van der Waals surface area contributed by atoms with Crippen LogP contribution in [0.2, 0.25) is 0 Å². The van der Waals surface area contributed by atoms with Crippen molar-refractivity contribution in [2.75, 3.05) is 23.3 Å². The Morgan fingerprint density at radius 3 is 2.83 bits per heavy atom. The van der Waals surface area contributed by atoms with Crippen molar-refractivity contribution < 1.29 is 18.4 Å². The summed E-state index contributed by atoms with van der Waals surface area (Å²) in [7, 11) is 0. The molecule has 3 rings (SSSR count). The molecule has 0 saturated carbocycles. The number of halogens is 2. The number of carbonyl (C=O) groups is 2. The fraction of sp³-hybridized carbons (Fsp3) is 0.500. The van der Waals surface area contributed by atoms with Gasteiger partial charge in [0.25, 0.3) is 5.92 Å². The van der Waals surface area contributed by atoms with Crippen LogP contribution in [0.5, 0.6) is 0 Å². The van der Waals surface area contributed by atoms with Crippen LogP contribution < -0.4 is 15.5 Å². The minimum atomic E-state index is -2.83. The van der Waals surface area contributed by atoms with Gasteiger partial charge in [-0.05, 0) is 36.6 Å². The van der Waals surface area contributed by atoms with Crippen molar-refractivity contribution in [1.82, 2.24) is 5.32 Å². The third-order valence-corrected chi connectivity index (χ3v) is 4.27. The summed E-state index contributed by atoms with van der Waals surface area (Å²) in [4.78, 5) is 25.4. The summed E-state index contributed by atoms with van der Waals surface area (Å²) in [6, 6.07) is 4.43. The Balaban J connectivity index is 1.72. The van der Waals surface area contributed by atoms with Crippen molar-refractivity contribution in [2.45, 2.75) is 38.2 Å². The molecule has 2 aliphatic rings. The molecule has 1 aromatic rings. The second kappa shape index (κ2) is 5.88. The summed E-state index contributed by atoms with van der Waals surface area (Å²) in [5.41, 5.74) is 2.40. The molecule has 7 heteroatoms. The number of aryl methyl sites for hydroxylation is 1. The van der Waals surface area contributed by atoms with Gasteiger partial charge in [-0.25, -0.2) is 8.78 Å². The average molecular weight is 323 g/mol. The molecule has 1 saturated heterocycles. The quantitative estimate of drug-likeness (QED) is 0.874. The van der Waals surface area contributed by atoms with Crippen LogP contribution in [-0.4, -0.2) is 36.9 Å². The lowest BCUT2D eigenvalue weighted by molar-refractivity contribution is -0.118. The van der Waals surface area contributed by atoms with E-state index in [1.807, 2.05) is 6.07 Å². The summed E-state index contributed by atoms with van der Waals surface area (Å²) in [5, 5.41) is 5.21. The zero-order valence-corrected chi connectivity index (χ0v) is 12.9. The van der Waals surface area contributed by atoms with Gasteiger partial charge in [0.05, 0.1) is 12.6 Å². The molecule has 1 atom stereocenters. The highest BCUT2D eigenvalue weighted by Gasteiger charge is 2.42. The number of nitrogens with zero attached hydrogens (tertiary/aromatic N) is 1. The number of hydrogen-bond acceptors (Lipinski definition) is 3. The molecular formula is C16H19F2N3O2. The Kier molecular flexibility index (Phi) is 4.06. The number of anilines is 2. The topological polar surface area (TPSA) is 61.4 Å². The molecular weight excluding hydrogens is 304 g/mol. The Hall–Kier alpha value is -2.02. The highest BCUT2D eigenvalue weighted by Crippen LogP contribution is 2.30. The van der Waals surface area contributed by atoms with E-state index < -0.39 is 30.8 Å². The maximum absolute atomic E-state index is 13.2. The van der Waals surface area contributed by atoms with Crippen molar-refractivity contribution in [3.63, 3.8) is 0 Å². The molecule has 2 aliphatic heterocycles. The predicted molar refractivity (Wildman–Crippen MR) is 82.8 cm³/mol. The number of alkyl halides is 2. The molecule has 1 aromatic carbocycles. The molecule has 2 heterocycles. The van der Waals surface area contributed by atoms with E-state index in [4.69, 9.17) is 0 Å². The largest absolute Gasteiger partial charge is 0.325 e. The van der Waals surface area contributed by atoms with E-state index in [2.05, 4.69) is 10.6 Å². The number of nitrogens with one attached hydrogen (secondary N) is 2. The van der Waals surface area contributed by atoms with Crippen molar-refractivity contribution in [1.29, 1.82) is 0 Å². The SMILES string of the molecule is CC(=O)N1CCCc2cc(NC(=O)C3CC(F)(F)CN3)ccc21. The van der Waals surface area contributed by atoms with E-state index in [0.29, 0.717) is 12.2 Å². The zero-order chi connectivity index (χ0) is 16.6. The fourth-order valence-electron chi connectivity index (χ4n) is 3.13. The number of rotatable bonds is 2. The van der Waals surface area contributed by atoms with E-state index in [9.17, 15) is 18.4 Å². The van der Waals surface area contributed by atoms with E-state index in [1.54, 1.807) is 17.0 Å². The normalized spacial score (nSPS) is 22.6. The van der Waals surface area contributed by atoms with Crippen LogP contribution in [0.4, 0.5) is 20.2 Å². The van der Waals surface area contributed by atoms with Gasteiger partial charge in [-0.1, -0.05) is 0 Å². The molecule has 0 bridgehead atoms. The van der Waals surface area contributed by atoms with Crippen LogP contribution in [0.25, 0.3) is 0 Å². The standard InChI is InChI=1S/C16H19F2N3O2/c1-10(22)21-6-2-3-11-7-12(4-5-14(11)21)20-15(23)13-8-16(17,18)9-19-13/h4-5,7,13,19H,2-3,6,8-9H2,1H3,(H,20,23). The van der Waals surface area contributed by atoms with E-state index in [0.717, 1.165) is 24.1 Å². The van der Waals surface area contributed by atoms with Gasteiger partial charge in [0.2, 0.25) is 11.8 Å². The minimum Gasteiger partial charge on any atom is -0.325 e. The van der Waals surface area contributed by atoms with Gasteiger partial charge in [0.1, 0.15) is 0 Å². The second-order valence-corrected chi connectivity index (χ2v) is 6.10. The average Bonchev–Trinajstić information content (AvgIpc) is 2.86. The maximum atomic E-state index is 13.2. The van der Waals surface area contributed by atoms with Gasteiger partial charge in [-0.15, -0.1) is 0 Å². The fourth-order valence-corrected chi connectivity index (χ4v) is 3.13. The van der Waals surface area contributed by atoms with E-state index in [1.165, 1.54) is 6.92 Å². The molecule has 2 N–H and O–H groups in total. The Morgan fingerprint density at radius 2 is 2.17 bits per heavy atom. The van der Waals surface area contributed by atoms with Crippen LogP contribution >= 0.6 is 0 Å². The van der Waals surface area contributed by atoms with Gasteiger partial charge in [0.15, 0.2) is 0 Å². The lowest BCUT2D eigenvalue weighted by Gasteiger charge is -2.29. The molecule has 5 nitrogen and oxygen atoms in total. The number of carbonyl (C=O) groups excluding carboxylic acids is 2. The molecule has 0 aromatic heterocycles. The number of fused-ring (bicyclic) bond motifs is 1. The molecule has 1 unspecified atom stereocenters. The smallest absolute Gasteiger partial charge is 0.262 e. The van der Waals surface area contributed by atoms with Crippen LogP contribution in [-0.2, 0) is 16.0 Å². The van der Waals surface area contributed by atoms with Gasteiger partial charge >= 0.3 is 0 Å². The predicted octanol–water partition coefficient (Wildman–Crippen LogP) is 1.92. The molecule has 2 amide bonds. The van der Waals surface area contributed by atoms with E-state index in [-0.39, 0.29) is 5.91 Å². The van der Waals surface area contributed by atoms with Gasteiger partial charge in [0, 0.05) is 31.3 Å². The summed E-state index contributed by atoms with van der Waals surface area (Å²) >= 11 is 0. The first-order valence-corrected chi connectivity index (χ1v) is 7.69. The number of amides is 2.